The second kappa shape index (κ2) is 15.8. The molecule has 12 nitrogen and oxygen atoms in total. The summed E-state index contributed by atoms with van der Waals surface area (Å²) in [5.41, 5.74) is 1.75. The lowest BCUT2D eigenvalue weighted by Gasteiger charge is -2.45. The van der Waals surface area contributed by atoms with Gasteiger partial charge in [0.2, 0.25) is 12.4 Å². The smallest absolute Gasteiger partial charge is 0.494 e. The number of carbonyl (C=O) groups excluding carboxylic acids is 1. The van der Waals surface area contributed by atoms with Crippen LogP contribution in [0.15, 0.2) is 64.8 Å². The van der Waals surface area contributed by atoms with Crippen LogP contribution >= 0.6 is 19.2 Å². The zero-order chi connectivity index (χ0) is 33.4. The molecule has 6 rings (SSSR count). The number of nitrogens with one attached hydrogen (secondary N) is 1. The van der Waals surface area contributed by atoms with E-state index in [9.17, 15) is 19.0 Å². The number of phosphoric ester groups is 1. The van der Waals surface area contributed by atoms with Crippen molar-refractivity contribution in [1.29, 1.82) is 0 Å². The Hall–Kier alpha value is -3.45. The lowest BCUT2D eigenvalue weighted by atomic mass is 9.98. The molecule has 0 spiro atoms. The van der Waals surface area contributed by atoms with E-state index in [-0.39, 0.29) is 18.4 Å². The molecule has 1 saturated carbocycles. The van der Waals surface area contributed by atoms with Crippen molar-refractivity contribution in [2.24, 2.45) is 0 Å². The summed E-state index contributed by atoms with van der Waals surface area (Å²) in [6.07, 6.45) is 5.13. The van der Waals surface area contributed by atoms with Gasteiger partial charge < -0.3 is 29.0 Å². The number of aromatic amines is 1. The largest absolute Gasteiger partial charge is 0.510 e. The SMILES string of the molecule is O=C(OCOP(=O)(O)OC[N+]1(CCCCOc2ccc3ccc(=O)[nH]c3c2)CCN(c2cccc3sccc23)CC1)OC1CCCCC1. The molecule has 0 bridgehead atoms. The van der Waals surface area contributed by atoms with Crippen LogP contribution in [0.2, 0.25) is 0 Å². The second-order valence-corrected chi connectivity index (χ2v) is 14.9. The molecule has 1 aliphatic carbocycles. The quantitative estimate of drug-likeness (QED) is 0.0477. The van der Waals surface area contributed by atoms with Gasteiger partial charge in [-0.2, -0.15) is 0 Å². The second-order valence-electron chi connectivity index (χ2n) is 12.5. The van der Waals surface area contributed by atoms with Crippen LogP contribution in [0.5, 0.6) is 5.75 Å². The fourth-order valence-electron chi connectivity index (χ4n) is 6.49. The van der Waals surface area contributed by atoms with Gasteiger partial charge in [-0.05, 0) is 85.7 Å². The Kier molecular flexibility index (Phi) is 11.4. The molecule has 3 heterocycles. The third kappa shape index (κ3) is 9.16. The number of piperazine rings is 1. The number of thiophene rings is 1. The van der Waals surface area contributed by atoms with Gasteiger partial charge in [0, 0.05) is 27.9 Å². The van der Waals surface area contributed by atoms with E-state index >= 15 is 0 Å². The van der Waals surface area contributed by atoms with Crippen molar-refractivity contribution in [1.82, 2.24) is 4.98 Å². The maximum atomic E-state index is 12.8. The Labute approximate surface area is 283 Å². The number of quaternary nitrogens is 1. The van der Waals surface area contributed by atoms with Crippen molar-refractivity contribution in [3.8, 4) is 5.75 Å². The van der Waals surface area contributed by atoms with E-state index in [0.717, 1.165) is 68.9 Å². The highest BCUT2D eigenvalue weighted by Gasteiger charge is 2.37. The first-order chi connectivity index (χ1) is 23.3. The molecule has 14 heteroatoms. The number of ether oxygens (including phenoxy) is 3. The first-order valence-electron chi connectivity index (χ1n) is 16.6. The van der Waals surface area contributed by atoms with Crippen molar-refractivity contribution in [2.75, 3.05) is 57.8 Å². The van der Waals surface area contributed by atoms with Crippen LogP contribution in [0.3, 0.4) is 0 Å². The molecule has 1 aliphatic heterocycles. The lowest BCUT2D eigenvalue weighted by molar-refractivity contribution is -0.943. The summed E-state index contributed by atoms with van der Waals surface area (Å²) in [4.78, 5) is 39.4. The number of unbranched alkanes of at least 4 members (excludes halogenated alkanes) is 1. The number of fused-ring (bicyclic) bond motifs is 2. The highest BCUT2D eigenvalue weighted by atomic mass is 32.1. The minimum absolute atomic E-state index is 0.0321. The first-order valence-corrected chi connectivity index (χ1v) is 18.9. The maximum absolute atomic E-state index is 12.8. The van der Waals surface area contributed by atoms with Crippen molar-refractivity contribution in [3.63, 3.8) is 0 Å². The highest BCUT2D eigenvalue weighted by molar-refractivity contribution is 7.47. The molecule has 2 aromatic carbocycles. The van der Waals surface area contributed by atoms with Gasteiger partial charge in [-0.25, -0.2) is 18.4 Å². The maximum Gasteiger partial charge on any atom is 0.510 e. The van der Waals surface area contributed by atoms with Gasteiger partial charge in [-0.3, -0.25) is 9.28 Å². The molecule has 2 aliphatic rings. The Morgan fingerprint density at radius 3 is 2.67 bits per heavy atom. The van der Waals surface area contributed by atoms with E-state index in [1.807, 2.05) is 18.2 Å². The zero-order valence-corrected chi connectivity index (χ0v) is 28.6. The first kappa shape index (κ1) is 34.4. The van der Waals surface area contributed by atoms with E-state index in [1.54, 1.807) is 17.4 Å². The number of carbonyl (C=O) groups is 1. The minimum Gasteiger partial charge on any atom is -0.494 e. The number of benzene rings is 2. The average molecular weight is 701 g/mol. The Morgan fingerprint density at radius 1 is 1.02 bits per heavy atom. The zero-order valence-electron chi connectivity index (χ0n) is 26.9. The van der Waals surface area contributed by atoms with Gasteiger partial charge in [-0.15, -0.1) is 11.3 Å². The molecule has 1 atom stereocenters. The number of hydrogen-bond acceptors (Lipinski definition) is 10. The summed E-state index contributed by atoms with van der Waals surface area (Å²) in [6.45, 7) is 3.30. The summed E-state index contributed by atoms with van der Waals surface area (Å²) >= 11 is 1.72. The molecule has 2 aromatic heterocycles. The standard InChI is InChI=1S/C34H42N3O9PS/c38-33-14-12-26-11-13-28(23-30(26)35-33)42-21-5-4-18-37(19-16-36(17-20-37)31-9-6-10-32-29(31)15-22-48-32)24-44-47(40,41)45-25-43-34(39)46-27-7-2-1-3-8-27/h6,9-15,22-23,27H,1-5,7-8,16-21,24-25H2,(H-,35,38,40,41)/p+1. The number of anilines is 1. The van der Waals surface area contributed by atoms with Crippen LogP contribution in [-0.2, 0) is 23.1 Å². The van der Waals surface area contributed by atoms with Crippen LogP contribution in [-0.4, -0.2) is 79.5 Å². The molecule has 48 heavy (non-hydrogen) atoms. The van der Waals surface area contributed by atoms with Crippen molar-refractivity contribution < 1.29 is 42.0 Å². The molecular formula is C34H43N3O9PS+. The third-order valence-corrected chi connectivity index (χ3v) is 11.0. The fourth-order valence-corrected chi connectivity index (χ4v) is 7.94. The summed E-state index contributed by atoms with van der Waals surface area (Å²) in [6, 6.07) is 17.4. The summed E-state index contributed by atoms with van der Waals surface area (Å²) in [5, 5.41) is 4.26. The van der Waals surface area contributed by atoms with Crippen LogP contribution in [0.4, 0.5) is 10.5 Å². The van der Waals surface area contributed by atoms with E-state index in [2.05, 4.69) is 39.5 Å². The van der Waals surface area contributed by atoms with Gasteiger partial charge in [0.1, 0.15) is 11.9 Å². The molecule has 0 amide bonds. The number of hydrogen-bond donors (Lipinski definition) is 2. The molecule has 1 saturated heterocycles. The molecule has 4 aromatic rings. The number of rotatable bonds is 14. The van der Waals surface area contributed by atoms with Gasteiger partial charge in [0.15, 0.2) is 6.73 Å². The van der Waals surface area contributed by atoms with E-state index in [0.29, 0.717) is 36.5 Å². The van der Waals surface area contributed by atoms with Crippen LogP contribution in [0.25, 0.3) is 21.0 Å². The summed E-state index contributed by atoms with van der Waals surface area (Å²) in [5.74, 6) is 0.677. The van der Waals surface area contributed by atoms with E-state index in [4.69, 9.17) is 23.3 Å². The van der Waals surface area contributed by atoms with Crippen LogP contribution in [0, 0.1) is 0 Å². The monoisotopic (exact) mass is 700 g/mol. The summed E-state index contributed by atoms with van der Waals surface area (Å²) < 4.78 is 41.2. The predicted octanol–water partition coefficient (Wildman–Crippen LogP) is 6.77. The predicted molar refractivity (Wildman–Crippen MR) is 184 cm³/mol. The van der Waals surface area contributed by atoms with E-state index in [1.165, 1.54) is 21.8 Å². The van der Waals surface area contributed by atoms with Crippen molar-refractivity contribution >= 4 is 52.0 Å². The molecule has 2 N–H and O–H groups in total. The average Bonchev–Trinajstić information content (AvgIpc) is 3.57. The number of aromatic nitrogens is 1. The van der Waals surface area contributed by atoms with E-state index < -0.39 is 20.8 Å². The molecule has 0 radical (unpaired) electrons. The van der Waals surface area contributed by atoms with Gasteiger partial charge in [0.25, 0.3) is 0 Å². The fraction of sp³-hybridized carbons (Fsp3) is 0.471. The Balaban J connectivity index is 1.03. The molecule has 2 fully saturated rings. The number of H-pyrrole nitrogens is 1. The van der Waals surface area contributed by atoms with Crippen molar-refractivity contribution in [2.45, 2.75) is 51.0 Å². The number of pyridine rings is 1. The Bertz CT molecular complexity index is 1780. The minimum atomic E-state index is -4.52. The molecule has 258 valence electrons. The van der Waals surface area contributed by atoms with Gasteiger partial charge in [-0.1, -0.05) is 12.5 Å². The number of phosphoric acid groups is 1. The topological polar surface area (TPSA) is 137 Å². The molecule has 1 unspecified atom stereocenters. The lowest BCUT2D eigenvalue weighted by Crippen LogP contribution is -2.60. The highest BCUT2D eigenvalue weighted by Crippen LogP contribution is 2.44. The normalized spacial score (nSPS) is 18.1. The number of nitrogens with zero attached hydrogens (tertiary/aromatic N) is 2. The molecular weight excluding hydrogens is 657 g/mol. The van der Waals surface area contributed by atoms with Gasteiger partial charge >= 0.3 is 14.0 Å². The summed E-state index contributed by atoms with van der Waals surface area (Å²) in [7, 11) is -4.52. The van der Waals surface area contributed by atoms with Crippen molar-refractivity contribution in [3.05, 3.63) is 70.3 Å². The Morgan fingerprint density at radius 2 is 1.83 bits per heavy atom. The van der Waals surface area contributed by atoms with Crippen LogP contribution in [0.1, 0.15) is 44.9 Å². The van der Waals surface area contributed by atoms with Gasteiger partial charge in [0.05, 0.1) is 44.8 Å². The van der Waals surface area contributed by atoms with Crippen LogP contribution < -0.4 is 15.2 Å². The third-order valence-electron chi connectivity index (χ3n) is 9.20.